The topological polar surface area (TPSA) is 197 Å². The summed E-state index contributed by atoms with van der Waals surface area (Å²) in [5.41, 5.74) is -0.124. The first-order chi connectivity index (χ1) is 21.2. The third-order valence-corrected chi connectivity index (χ3v) is 6.45. The maximum atomic E-state index is 12.7. The average molecular weight is 607 g/mol. The zero-order chi connectivity index (χ0) is 31.9. The molecule has 234 valence electrons. The number of hydrogen-bond acceptors (Lipinski definition) is 10. The summed E-state index contributed by atoms with van der Waals surface area (Å²) in [5, 5.41) is 31.9. The van der Waals surface area contributed by atoms with Gasteiger partial charge in [0.05, 0.1) is 61.0 Å². The molecule has 4 bridgehead atoms. The number of hydrogen-bond donors (Lipinski definition) is 6. The minimum Gasteiger partial charge on any atom is -0.506 e. The van der Waals surface area contributed by atoms with Crippen molar-refractivity contribution in [2.45, 2.75) is 13.0 Å². The van der Waals surface area contributed by atoms with Crippen molar-refractivity contribution in [1.82, 2.24) is 26.2 Å². The number of likely N-dealkylation sites (N-methyl/N-ethyl adjacent to an activating group) is 1. The molecule has 1 heterocycles. The molecule has 1 aliphatic heterocycles. The number of benzene rings is 2. The lowest BCUT2D eigenvalue weighted by Gasteiger charge is -2.16. The standard InChI is InChI=1S/C30H38N8O6/c1-20-19-33-10-9-31-11-13-34-27(41)21-5-3-6-22(25(21)39)28(42)35-14-12-32-15-17-38(2)18-16-36-29(43)23-7-4-8-24(26(23)40)30(44)37-20/h3-8,11-12,19-20,39-40H,9-10,13-18H2,1-2H3,(H,34,41)(H,35,42)(H,36,43)(H,37,44)/b31-11+,32-12+,33-19+/t20-/m1/s1. The van der Waals surface area contributed by atoms with Gasteiger partial charge in [0.25, 0.3) is 23.6 Å². The number of phenols is 2. The number of aliphatic imine (C=N–C) groups is 3. The minimum atomic E-state index is -0.562. The molecule has 0 aromatic heterocycles. The maximum absolute atomic E-state index is 12.7. The molecule has 0 unspecified atom stereocenters. The van der Waals surface area contributed by atoms with Crippen LogP contribution in [0, 0.1) is 0 Å². The molecule has 0 aliphatic carbocycles. The van der Waals surface area contributed by atoms with Crippen LogP contribution in [0.2, 0.25) is 0 Å². The fourth-order valence-electron chi connectivity index (χ4n) is 4.06. The second kappa shape index (κ2) is 17.1. The monoisotopic (exact) mass is 606 g/mol. The van der Waals surface area contributed by atoms with Gasteiger partial charge in [0.15, 0.2) is 0 Å². The fraction of sp³-hybridized carbons (Fsp3) is 0.367. The van der Waals surface area contributed by atoms with Crippen LogP contribution in [0.3, 0.4) is 0 Å². The van der Waals surface area contributed by atoms with Crippen molar-refractivity contribution in [2.75, 3.05) is 59.4 Å². The summed E-state index contributed by atoms with van der Waals surface area (Å²) in [6.45, 7) is 4.39. The number of amides is 4. The van der Waals surface area contributed by atoms with Gasteiger partial charge in [-0.05, 0) is 38.2 Å². The van der Waals surface area contributed by atoms with Gasteiger partial charge in [-0.2, -0.15) is 0 Å². The Morgan fingerprint density at radius 1 is 0.682 bits per heavy atom. The summed E-state index contributed by atoms with van der Waals surface area (Å²) < 4.78 is 0. The summed E-state index contributed by atoms with van der Waals surface area (Å²) in [4.78, 5) is 65.2. The van der Waals surface area contributed by atoms with E-state index in [-0.39, 0.29) is 35.3 Å². The van der Waals surface area contributed by atoms with Crippen LogP contribution in [0.5, 0.6) is 11.5 Å². The first kappa shape index (κ1) is 33.4. The Labute approximate surface area is 255 Å². The summed E-state index contributed by atoms with van der Waals surface area (Å²) in [6.07, 6.45) is 4.57. The van der Waals surface area contributed by atoms with Gasteiger partial charge < -0.3 is 36.4 Å². The molecule has 14 nitrogen and oxygen atoms in total. The lowest BCUT2D eigenvalue weighted by atomic mass is 10.1. The van der Waals surface area contributed by atoms with Crippen LogP contribution >= 0.6 is 0 Å². The highest BCUT2D eigenvalue weighted by molar-refractivity contribution is 6.05. The average Bonchev–Trinajstić information content (AvgIpc) is 2.99. The van der Waals surface area contributed by atoms with E-state index < -0.39 is 41.2 Å². The third-order valence-electron chi connectivity index (χ3n) is 6.45. The number of phenolic OH excluding ortho intramolecular Hbond substituents is 2. The van der Waals surface area contributed by atoms with Crippen molar-refractivity contribution in [3.63, 3.8) is 0 Å². The second-order valence-corrected chi connectivity index (χ2v) is 9.88. The van der Waals surface area contributed by atoms with Crippen LogP contribution in [0.25, 0.3) is 0 Å². The summed E-state index contributed by atoms with van der Waals surface area (Å²) in [6, 6.07) is 8.27. The molecular weight excluding hydrogens is 568 g/mol. The van der Waals surface area contributed by atoms with Crippen LogP contribution in [0.1, 0.15) is 48.4 Å². The van der Waals surface area contributed by atoms with E-state index in [1.165, 1.54) is 55.0 Å². The van der Waals surface area contributed by atoms with Crippen molar-refractivity contribution < 1.29 is 29.4 Å². The first-order valence-corrected chi connectivity index (χ1v) is 14.1. The molecule has 2 aromatic carbocycles. The number of rotatable bonds is 0. The molecule has 0 spiro atoms. The van der Waals surface area contributed by atoms with E-state index in [2.05, 4.69) is 36.2 Å². The third kappa shape index (κ3) is 10.0. The quantitative estimate of drug-likeness (QED) is 0.247. The lowest BCUT2D eigenvalue weighted by molar-refractivity contribution is 0.0932. The Morgan fingerprint density at radius 3 is 1.73 bits per heavy atom. The Morgan fingerprint density at radius 2 is 1.16 bits per heavy atom. The molecule has 1 atom stereocenters. The highest BCUT2D eigenvalue weighted by atomic mass is 16.3. The molecule has 44 heavy (non-hydrogen) atoms. The minimum absolute atomic E-state index is 0.0120. The van der Waals surface area contributed by atoms with Crippen molar-refractivity contribution in [1.29, 1.82) is 0 Å². The normalized spacial score (nSPS) is 21.1. The van der Waals surface area contributed by atoms with E-state index in [0.717, 1.165) is 0 Å². The smallest absolute Gasteiger partial charge is 0.255 e. The van der Waals surface area contributed by atoms with Gasteiger partial charge in [-0.25, -0.2) is 0 Å². The van der Waals surface area contributed by atoms with Gasteiger partial charge in [-0.15, -0.1) is 0 Å². The molecule has 1 aliphatic rings. The molecular formula is C30H38N8O6. The van der Waals surface area contributed by atoms with Gasteiger partial charge in [0, 0.05) is 38.3 Å². The molecule has 0 fully saturated rings. The predicted octanol–water partition coefficient (Wildman–Crippen LogP) is 0.264. The van der Waals surface area contributed by atoms with Crippen molar-refractivity contribution in [3.8, 4) is 11.5 Å². The van der Waals surface area contributed by atoms with Gasteiger partial charge in [-0.1, -0.05) is 12.1 Å². The van der Waals surface area contributed by atoms with Gasteiger partial charge >= 0.3 is 0 Å². The van der Waals surface area contributed by atoms with Gasteiger partial charge in [-0.3, -0.25) is 34.2 Å². The van der Waals surface area contributed by atoms with Crippen molar-refractivity contribution >= 4 is 42.3 Å². The summed E-state index contributed by atoms with van der Waals surface area (Å²) in [7, 11) is 1.86. The fourth-order valence-corrected chi connectivity index (χ4v) is 4.06. The van der Waals surface area contributed by atoms with Gasteiger partial charge in [0.2, 0.25) is 0 Å². The number of fused-ring (bicyclic) bond motifs is 4. The van der Waals surface area contributed by atoms with E-state index in [0.29, 0.717) is 39.3 Å². The highest BCUT2D eigenvalue weighted by Crippen LogP contribution is 2.23. The highest BCUT2D eigenvalue weighted by Gasteiger charge is 2.20. The Balaban J connectivity index is 1.68. The zero-order valence-corrected chi connectivity index (χ0v) is 24.7. The molecule has 0 saturated carbocycles. The first-order valence-electron chi connectivity index (χ1n) is 14.1. The van der Waals surface area contributed by atoms with Crippen LogP contribution in [0.15, 0.2) is 51.4 Å². The van der Waals surface area contributed by atoms with Crippen LogP contribution in [-0.2, 0) is 0 Å². The van der Waals surface area contributed by atoms with E-state index in [4.69, 9.17) is 0 Å². The number of carbonyl (C=O) groups excluding carboxylic acids is 4. The largest absolute Gasteiger partial charge is 0.506 e. The van der Waals surface area contributed by atoms with E-state index in [1.54, 1.807) is 6.92 Å². The van der Waals surface area contributed by atoms with E-state index in [9.17, 15) is 29.4 Å². The number of para-hydroxylation sites is 2. The number of nitrogens with one attached hydrogen (secondary N) is 4. The van der Waals surface area contributed by atoms with Crippen LogP contribution in [-0.4, -0.2) is 123 Å². The predicted molar refractivity (Wildman–Crippen MR) is 168 cm³/mol. The molecule has 0 radical (unpaired) electrons. The lowest BCUT2D eigenvalue weighted by Crippen LogP contribution is -2.35. The zero-order valence-electron chi connectivity index (χ0n) is 24.7. The van der Waals surface area contributed by atoms with E-state index >= 15 is 0 Å². The molecule has 3 rings (SSSR count). The summed E-state index contributed by atoms with van der Waals surface area (Å²) >= 11 is 0. The van der Waals surface area contributed by atoms with Crippen molar-refractivity contribution in [2.24, 2.45) is 15.0 Å². The summed E-state index contributed by atoms with van der Waals surface area (Å²) in [5.74, 6) is -3.02. The molecule has 14 heteroatoms. The second-order valence-electron chi connectivity index (χ2n) is 9.88. The Hall–Kier alpha value is -5.11. The molecule has 0 saturated heterocycles. The number of nitrogens with zero attached hydrogens (tertiary/aromatic N) is 4. The van der Waals surface area contributed by atoms with Crippen molar-refractivity contribution in [3.05, 3.63) is 58.7 Å². The van der Waals surface area contributed by atoms with Gasteiger partial charge in [0.1, 0.15) is 11.5 Å². The molecule has 6 N–H and O–H groups in total. The molecule has 2 aromatic rings. The molecule has 4 amide bonds. The number of aromatic hydroxyl groups is 2. The van der Waals surface area contributed by atoms with Crippen LogP contribution in [0.4, 0.5) is 0 Å². The Bertz CT molecular complexity index is 1420. The Kier molecular flexibility index (Phi) is 13.0. The van der Waals surface area contributed by atoms with E-state index in [1.807, 2.05) is 11.9 Å². The number of carbonyl (C=O) groups is 4. The van der Waals surface area contributed by atoms with Crippen LogP contribution < -0.4 is 21.3 Å². The maximum Gasteiger partial charge on any atom is 0.255 e. The SMILES string of the molecule is C[C@@H]1/C=N/CC/N=C/CNC(=O)c2cccc(c2O)C(=O)NC/C=N/CCN(C)CCNC(=O)c2cccc(c2O)C(=O)N1.